The highest BCUT2D eigenvalue weighted by molar-refractivity contribution is 5.93. The van der Waals surface area contributed by atoms with Gasteiger partial charge in [-0.15, -0.1) is 0 Å². The monoisotopic (exact) mass is 371 g/mol. The molecule has 1 N–H and O–H groups in total. The number of carbonyl (C=O) groups excluding carboxylic acids is 1. The first kappa shape index (κ1) is 17.4. The summed E-state index contributed by atoms with van der Waals surface area (Å²) in [5.41, 5.74) is -0.0672. The van der Waals surface area contributed by atoms with Crippen LogP contribution in [-0.2, 0) is 10.2 Å². The molecule has 1 aliphatic heterocycles. The van der Waals surface area contributed by atoms with E-state index >= 15 is 0 Å². The molecule has 1 aromatic rings. The summed E-state index contributed by atoms with van der Waals surface area (Å²) in [5.74, 6) is 2.99. The molecule has 4 bridgehead atoms. The summed E-state index contributed by atoms with van der Waals surface area (Å²) < 4.78 is 5.40. The highest BCUT2D eigenvalue weighted by Crippen LogP contribution is 2.59. The standard InChI is InChI=1S/C21H29N3O3/c1-27-16-3-2-4-24(12-16)19(26)17-11-22-20(23-18(17)25)21-8-13-5-14(9-21)7-15(6-13)10-21/h11,13-16H,2-10,12H2,1H3,(H,22,23,25)/t13?,14?,15?,16-,21?/m1/s1. The fraction of sp³-hybridized carbons (Fsp3) is 0.762. The van der Waals surface area contributed by atoms with Crippen LogP contribution in [0.1, 0.15) is 67.5 Å². The van der Waals surface area contributed by atoms with Gasteiger partial charge in [0.25, 0.3) is 11.5 Å². The van der Waals surface area contributed by atoms with E-state index < -0.39 is 0 Å². The number of carbonyl (C=O) groups is 1. The number of methoxy groups -OCH3 is 1. The number of piperidine rings is 1. The first-order valence-electron chi connectivity index (χ1n) is 10.5. The van der Waals surface area contributed by atoms with Crippen LogP contribution in [0.3, 0.4) is 0 Å². The number of aromatic amines is 1. The molecule has 27 heavy (non-hydrogen) atoms. The topological polar surface area (TPSA) is 75.3 Å². The lowest BCUT2D eigenvalue weighted by Crippen LogP contribution is -2.50. The lowest BCUT2D eigenvalue weighted by molar-refractivity contribution is -0.00956. The molecule has 1 saturated heterocycles. The van der Waals surface area contributed by atoms with Crippen LogP contribution in [-0.4, -0.2) is 47.1 Å². The number of hydrogen-bond donors (Lipinski definition) is 1. The number of nitrogens with one attached hydrogen (secondary N) is 1. The summed E-state index contributed by atoms with van der Waals surface area (Å²) in [6.45, 7) is 1.22. The van der Waals surface area contributed by atoms with Crippen LogP contribution in [0.15, 0.2) is 11.0 Å². The van der Waals surface area contributed by atoms with Crippen molar-refractivity contribution < 1.29 is 9.53 Å². The fourth-order valence-corrected chi connectivity index (χ4v) is 6.70. The average Bonchev–Trinajstić information content (AvgIpc) is 2.66. The lowest BCUT2D eigenvalue weighted by Gasteiger charge is -2.56. The molecular formula is C21H29N3O3. The molecule has 0 unspecified atom stereocenters. The predicted molar refractivity (Wildman–Crippen MR) is 101 cm³/mol. The zero-order valence-corrected chi connectivity index (χ0v) is 16.1. The van der Waals surface area contributed by atoms with Gasteiger partial charge in [-0.2, -0.15) is 0 Å². The minimum Gasteiger partial charge on any atom is -0.380 e. The van der Waals surface area contributed by atoms with Gasteiger partial charge in [0.15, 0.2) is 0 Å². The Morgan fingerprint density at radius 3 is 2.48 bits per heavy atom. The van der Waals surface area contributed by atoms with Crippen molar-refractivity contribution in [3.8, 4) is 0 Å². The lowest BCUT2D eigenvalue weighted by atomic mass is 9.49. The summed E-state index contributed by atoms with van der Waals surface area (Å²) >= 11 is 0. The van der Waals surface area contributed by atoms with Gasteiger partial charge in [0.2, 0.25) is 0 Å². The van der Waals surface area contributed by atoms with E-state index in [4.69, 9.17) is 4.74 Å². The Morgan fingerprint density at radius 2 is 1.89 bits per heavy atom. The van der Waals surface area contributed by atoms with E-state index in [2.05, 4.69) is 9.97 Å². The first-order chi connectivity index (χ1) is 13.1. The zero-order valence-electron chi connectivity index (χ0n) is 16.1. The van der Waals surface area contributed by atoms with Crippen molar-refractivity contribution in [2.75, 3.05) is 20.2 Å². The van der Waals surface area contributed by atoms with Crippen LogP contribution in [0.2, 0.25) is 0 Å². The van der Waals surface area contributed by atoms with Crippen LogP contribution in [0.4, 0.5) is 0 Å². The van der Waals surface area contributed by atoms with Gasteiger partial charge in [-0.3, -0.25) is 9.59 Å². The molecule has 5 fully saturated rings. The van der Waals surface area contributed by atoms with Crippen molar-refractivity contribution in [1.29, 1.82) is 0 Å². The van der Waals surface area contributed by atoms with Crippen molar-refractivity contribution in [3.63, 3.8) is 0 Å². The second kappa shape index (κ2) is 6.43. The smallest absolute Gasteiger partial charge is 0.263 e. The molecular weight excluding hydrogens is 342 g/mol. The van der Waals surface area contributed by atoms with E-state index in [1.807, 2.05) is 0 Å². The van der Waals surface area contributed by atoms with Gasteiger partial charge in [0, 0.05) is 31.8 Å². The number of ether oxygens (including phenoxy) is 1. The van der Waals surface area contributed by atoms with E-state index in [0.717, 1.165) is 55.7 Å². The van der Waals surface area contributed by atoms with Gasteiger partial charge in [-0.1, -0.05) is 0 Å². The summed E-state index contributed by atoms with van der Waals surface area (Å²) in [6.07, 6.45) is 11.0. The fourth-order valence-electron chi connectivity index (χ4n) is 6.70. The number of H-pyrrole nitrogens is 1. The van der Waals surface area contributed by atoms with Gasteiger partial charge in [-0.25, -0.2) is 4.98 Å². The molecule has 4 aliphatic carbocycles. The molecule has 146 valence electrons. The number of amides is 1. The zero-order chi connectivity index (χ0) is 18.6. The third-order valence-corrected chi connectivity index (χ3v) is 7.57. The molecule has 4 saturated carbocycles. The minimum atomic E-state index is -0.278. The minimum absolute atomic E-state index is 0.0434. The van der Waals surface area contributed by atoms with Crippen LogP contribution < -0.4 is 5.56 Å². The number of aromatic nitrogens is 2. The van der Waals surface area contributed by atoms with E-state index in [1.165, 1.54) is 25.5 Å². The average molecular weight is 371 g/mol. The molecule has 1 aromatic heterocycles. The Hall–Kier alpha value is -1.69. The normalized spacial score (nSPS) is 37.6. The summed E-state index contributed by atoms with van der Waals surface area (Å²) in [4.78, 5) is 35.1. The highest BCUT2D eigenvalue weighted by Gasteiger charge is 2.53. The molecule has 2 heterocycles. The SMILES string of the molecule is CO[C@@H]1CCCN(C(=O)c2cnc(C34CC5CC(CC(C5)C3)C4)[nH]c2=O)C1. The highest BCUT2D eigenvalue weighted by atomic mass is 16.5. The maximum atomic E-state index is 12.9. The Morgan fingerprint density at radius 1 is 1.22 bits per heavy atom. The van der Waals surface area contributed by atoms with Crippen molar-refractivity contribution in [1.82, 2.24) is 14.9 Å². The maximum Gasteiger partial charge on any atom is 0.263 e. The van der Waals surface area contributed by atoms with Crippen LogP contribution >= 0.6 is 0 Å². The van der Waals surface area contributed by atoms with Crippen molar-refractivity contribution in [3.05, 3.63) is 27.9 Å². The van der Waals surface area contributed by atoms with Crippen molar-refractivity contribution >= 4 is 5.91 Å². The number of nitrogens with zero attached hydrogens (tertiary/aromatic N) is 2. The van der Waals surface area contributed by atoms with E-state index in [0.29, 0.717) is 13.1 Å². The molecule has 6 heteroatoms. The Kier molecular flexibility index (Phi) is 4.15. The Balaban J connectivity index is 1.40. The Labute approximate surface area is 159 Å². The number of likely N-dealkylation sites (tertiary alicyclic amines) is 1. The van der Waals surface area contributed by atoms with Crippen LogP contribution in [0.25, 0.3) is 0 Å². The second-order valence-electron chi connectivity index (χ2n) is 9.42. The third-order valence-electron chi connectivity index (χ3n) is 7.57. The Bertz CT molecular complexity index is 767. The number of hydrogen-bond acceptors (Lipinski definition) is 4. The largest absolute Gasteiger partial charge is 0.380 e. The summed E-state index contributed by atoms with van der Waals surface area (Å²) in [6, 6.07) is 0. The van der Waals surface area contributed by atoms with Gasteiger partial charge in [0.1, 0.15) is 11.4 Å². The predicted octanol–water partition coefficient (Wildman–Crippen LogP) is 2.49. The molecule has 0 spiro atoms. The van der Waals surface area contributed by atoms with Gasteiger partial charge in [-0.05, 0) is 69.1 Å². The van der Waals surface area contributed by atoms with Gasteiger partial charge in [0.05, 0.1) is 6.10 Å². The van der Waals surface area contributed by atoms with Crippen molar-refractivity contribution in [2.24, 2.45) is 17.8 Å². The summed E-state index contributed by atoms with van der Waals surface area (Å²) in [5, 5.41) is 0. The second-order valence-corrected chi connectivity index (χ2v) is 9.42. The first-order valence-corrected chi connectivity index (χ1v) is 10.5. The van der Waals surface area contributed by atoms with E-state index in [1.54, 1.807) is 12.0 Å². The van der Waals surface area contributed by atoms with Crippen LogP contribution in [0, 0.1) is 17.8 Å². The molecule has 5 aliphatic rings. The molecule has 0 aromatic carbocycles. The molecule has 6 nitrogen and oxygen atoms in total. The van der Waals surface area contributed by atoms with Gasteiger partial charge >= 0.3 is 0 Å². The van der Waals surface area contributed by atoms with Crippen LogP contribution in [0.5, 0.6) is 0 Å². The van der Waals surface area contributed by atoms with Gasteiger partial charge < -0.3 is 14.6 Å². The molecule has 1 atom stereocenters. The molecule has 1 amide bonds. The summed E-state index contributed by atoms with van der Waals surface area (Å²) in [7, 11) is 1.67. The number of rotatable bonds is 3. The molecule has 6 rings (SSSR count). The van der Waals surface area contributed by atoms with E-state index in [-0.39, 0.29) is 28.5 Å². The van der Waals surface area contributed by atoms with E-state index in [9.17, 15) is 9.59 Å². The maximum absolute atomic E-state index is 12.9. The van der Waals surface area contributed by atoms with Crippen molar-refractivity contribution in [2.45, 2.75) is 62.9 Å². The third kappa shape index (κ3) is 2.93. The quantitative estimate of drug-likeness (QED) is 0.886. The molecule has 0 radical (unpaired) electrons.